The molecular weight excluding hydrogens is 491 g/mol. The van der Waals surface area contributed by atoms with E-state index in [-0.39, 0.29) is 30.1 Å². The molecular formula is C22H39IN6O. The first-order chi connectivity index (χ1) is 14.1. The molecule has 0 amide bonds. The first-order valence-electron chi connectivity index (χ1n) is 11.2. The Hall–Kier alpha value is -1.13. The highest BCUT2D eigenvalue weighted by atomic mass is 127. The number of halogens is 1. The fraction of sp³-hybridized carbons (Fsp3) is 0.727. The third-order valence-electron chi connectivity index (χ3n) is 5.91. The van der Waals surface area contributed by atoms with Crippen LogP contribution in [0.4, 0.5) is 5.82 Å². The highest BCUT2D eigenvalue weighted by molar-refractivity contribution is 14.0. The van der Waals surface area contributed by atoms with E-state index in [1.54, 1.807) is 0 Å². The number of rotatable bonds is 7. The average molecular weight is 530 g/mol. The maximum atomic E-state index is 5.66. The Morgan fingerprint density at radius 3 is 2.77 bits per heavy atom. The van der Waals surface area contributed by atoms with Crippen molar-refractivity contribution in [2.24, 2.45) is 4.99 Å². The summed E-state index contributed by atoms with van der Waals surface area (Å²) in [4.78, 5) is 16.8. The number of hydrogen-bond donors (Lipinski definition) is 1. The van der Waals surface area contributed by atoms with Gasteiger partial charge in [-0.1, -0.05) is 13.8 Å². The molecule has 30 heavy (non-hydrogen) atoms. The Balaban J connectivity index is 0.00000320. The van der Waals surface area contributed by atoms with Gasteiger partial charge in [0.15, 0.2) is 5.96 Å². The predicted octanol–water partition coefficient (Wildman–Crippen LogP) is 2.81. The number of likely N-dealkylation sites (tertiary alicyclic amines) is 1. The molecule has 3 heterocycles. The molecule has 7 nitrogen and oxygen atoms in total. The number of morpholine rings is 1. The van der Waals surface area contributed by atoms with Crippen molar-refractivity contribution in [3.05, 3.63) is 23.9 Å². The molecule has 1 aromatic heterocycles. The standard InChI is InChI=1S/C22H38N6O.HI/c1-5-23-22(28-11-9-20(17-28)26(6-2)7-3)25-15-19-8-10-24-21(14-19)27-12-13-29-18(4)16-27;/h8,10,14,18,20H,5-7,9,11-13,15-17H2,1-4H3,(H,23,25);1H. The summed E-state index contributed by atoms with van der Waals surface area (Å²) in [7, 11) is 0. The van der Waals surface area contributed by atoms with Crippen molar-refractivity contribution >= 4 is 35.8 Å². The van der Waals surface area contributed by atoms with Crippen LogP contribution in [0.5, 0.6) is 0 Å². The first kappa shape index (κ1) is 25.1. The topological polar surface area (TPSA) is 56.2 Å². The van der Waals surface area contributed by atoms with Crippen LogP contribution in [0.2, 0.25) is 0 Å². The van der Waals surface area contributed by atoms with Crippen LogP contribution in [0.3, 0.4) is 0 Å². The molecule has 2 atom stereocenters. The van der Waals surface area contributed by atoms with E-state index in [4.69, 9.17) is 9.73 Å². The van der Waals surface area contributed by atoms with E-state index >= 15 is 0 Å². The normalized spacial score (nSPS) is 22.4. The van der Waals surface area contributed by atoms with Gasteiger partial charge in [0.2, 0.25) is 0 Å². The molecule has 2 aliphatic rings. The average Bonchev–Trinajstić information content (AvgIpc) is 3.22. The molecule has 2 unspecified atom stereocenters. The first-order valence-corrected chi connectivity index (χ1v) is 11.2. The van der Waals surface area contributed by atoms with E-state index in [1.807, 2.05) is 6.20 Å². The number of nitrogens with zero attached hydrogens (tertiary/aromatic N) is 5. The maximum absolute atomic E-state index is 5.66. The van der Waals surface area contributed by atoms with Crippen molar-refractivity contribution in [3.8, 4) is 0 Å². The molecule has 2 fully saturated rings. The molecule has 8 heteroatoms. The van der Waals surface area contributed by atoms with Crippen LogP contribution in [0.1, 0.15) is 39.7 Å². The highest BCUT2D eigenvalue weighted by Crippen LogP contribution is 2.18. The Morgan fingerprint density at radius 2 is 2.07 bits per heavy atom. The lowest BCUT2D eigenvalue weighted by Crippen LogP contribution is -2.43. The molecule has 0 saturated carbocycles. The van der Waals surface area contributed by atoms with Crippen molar-refractivity contribution in [3.63, 3.8) is 0 Å². The van der Waals surface area contributed by atoms with Gasteiger partial charge in [-0.2, -0.15) is 0 Å². The van der Waals surface area contributed by atoms with Gasteiger partial charge in [0.05, 0.1) is 19.3 Å². The number of anilines is 1. The van der Waals surface area contributed by atoms with Crippen molar-refractivity contribution < 1.29 is 4.74 Å². The van der Waals surface area contributed by atoms with E-state index in [1.165, 1.54) is 12.0 Å². The molecule has 2 saturated heterocycles. The van der Waals surface area contributed by atoms with Gasteiger partial charge in [0.1, 0.15) is 5.82 Å². The van der Waals surface area contributed by atoms with Crippen molar-refractivity contribution in [1.29, 1.82) is 0 Å². The second-order valence-electron chi connectivity index (χ2n) is 7.93. The Bertz CT molecular complexity index is 669. The van der Waals surface area contributed by atoms with Crippen LogP contribution in [-0.2, 0) is 11.3 Å². The molecule has 0 bridgehead atoms. The lowest BCUT2D eigenvalue weighted by molar-refractivity contribution is 0.0529. The fourth-order valence-corrected chi connectivity index (χ4v) is 4.32. The summed E-state index contributed by atoms with van der Waals surface area (Å²) in [5, 5.41) is 3.49. The Kier molecular flexibility index (Phi) is 10.6. The van der Waals surface area contributed by atoms with Gasteiger partial charge in [-0.25, -0.2) is 9.98 Å². The summed E-state index contributed by atoms with van der Waals surface area (Å²) in [6, 6.07) is 4.88. The van der Waals surface area contributed by atoms with Crippen LogP contribution < -0.4 is 10.2 Å². The second kappa shape index (κ2) is 12.7. The highest BCUT2D eigenvalue weighted by Gasteiger charge is 2.28. The second-order valence-corrected chi connectivity index (χ2v) is 7.93. The van der Waals surface area contributed by atoms with Crippen LogP contribution in [0.15, 0.2) is 23.3 Å². The number of nitrogens with one attached hydrogen (secondary N) is 1. The number of aliphatic imine (C=N–C) groups is 1. The van der Waals surface area contributed by atoms with Crippen LogP contribution in [0, 0.1) is 0 Å². The van der Waals surface area contributed by atoms with E-state index < -0.39 is 0 Å². The third kappa shape index (κ3) is 6.68. The number of aromatic nitrogens is 1. The number of ether oxygens (including phenoxy) is 1. The molecule has 170 valence electrons. The quantitative estimate of drug-likeness (QED) is 0.333. The summed E-state index contributed by atoms with van der Waals surface area (Å²) < 4.78 is 5.66. The zero-order chi connectivity index (χ0) is 20.6. The van der Waals surface area contributed by atoms with Gasteiger partial charge in [0.25, 0.3) is 0 Å². The maximum Gasteiger partial charge on any atom is 0.194 e. The smallest absolute Gasteiger partial charge is 0.194 e. The zero-order valence-electron chi connectivity index (χ0n) is 19.0. The summed E-state index contributed by atoms with van der Waals surface area (Å²) in [5.41, 5.74) is 1.20. The Labute approximate surface area is 199 Å². The van der Waals surface area contributed by atoms with Crippen LogP contribution in [0.25, 0.3) is 0 Å². The lowest BCUT2D eigenvalue weighted by Gasteiger charge is -2.32. The molecule has 2 aliphatic heterocycles. The zero-order valence-corrected chi connectivity index (χ0v) is 21.3. The SMILES string of the molecule is CCNC(=NCc1ccnc(N2CCOC(C)C2)c1)N1CCC(N(CC)CC)C1.I. The van der Waals surface area contributed by atoms with Gasteiger partial charge >= 0.3 is 0 Å². The number of guanidine groups is 1. The van der Waals surface area contributed by atoms with Crippen molar-refractivity contribution in [2.45, 2.75) is 52.8 Å². The molecule has 0 aromatic carbocycles. The summed E-state index contributed by atoms with van der Waals surface area (Å²) >= 11 is 0. The van der Waals surface area contributed by atoms with E-state index in [0.29, 0.717) is 12.6 Å². The Morgan fingerprint density at radius 1 is 1.27 bits per heavy atom. The lowest BCUT2D eigenvalue weighted by atomic mass is 10.2. The van der Waals surface area contributed by atoms with Gasteiger partial charge in [-0.3, -0.25) is 4.90 Å². The fourth-order valence-electron chi connectivity index (χ4n) is 4.32. The molecule has 1 aromatic rings. The molecule has 3 rings (SSSR count). The van der Waals surface area contributed by atoms with E-state index in [0.717, 1.165) is 64.2 Å². The van der Waals surface area contributed by atoms with Crippen LogP contribution >= 0.6 is 24.0 Å². The monoisotopic (exact) mass is 530 g/mol. The van der Waals surface area contributed by atoms with Gasteiger partial charge in [0, 0.05) is 45.0 Å². The van der Waals surface area contributed by atoms with E-state index in [9.17, 15) is 0 Å². The number of hydrogen-bond acceptors (Lipinski definition) is 5. The molecule has 1 N–H and O–H groups in total. The molecule has 0 spiro atoms. The van der Waals surface area contributed by atoms with Gasteiger partial charge in [-0.05, 0) is 51.1 Å². The summed E-state index contributed by atoms with van der Waals surface area (Å²) in [6.45, 7) is 17.2. The molecule has 0 radical (unpaired) electrons. The van der Waals surface area contributed by atoms with Gasteiger partial charge < -0.3 is 19.9 Å². The summed E-state index contributed by atoms with van der Waals surface area (Å²) in [6.07, 6.45) is 3.36. The van der Waals surface area contributed by atoms with Gasteiger partial charge in [-0.15, -0.1) is 24.0 Å². The predicted molar refractivity (Wildman–Crippen MR) is 135 cm³/mol. The third-order valence-corrected chi connectivity index (χ3v) is 5.91. The summed E-state index contributed by atoms with van der Waals surface area (Å²) in [5.74, 6) is 2.06. The minimum atomic E-state index is 0. The number of pyridine rings is 1. The minimum Gasteiger partial charge on any atom is -0.375 e. The van der Waals surface area contributed by atoms with Crippen LogP contribution in [-0.4, -0.2) is 85.3 Å². The van der Waals surface area contributed by atoms with E-state index in [2.05, 4.69) is 64.8 Å². The van der Waals surface area contributed by atoms with Crippen molar-refractivity contribution in [2.75, 3.05) is 57.3 Å². The largest absolute Gasteiger partial charge is 0.375 e. The van der Waals surface area contributed by atoms with Crippen molar-refractivity contribution in [1.82, 2.24) is 20.1 Å². The number of likely N-dealkylation sites (N-methyl/N-ethyl adjacent to an activating group) is 1. The minimum absolute atomic E-state index is 0. The molecule has 0 aliphatic carbocycles.